The first-order chi connectivity index (χ1) is 10.3. The molecular weight excluding hydrogens is 323 g/mol. The molecule has 0 bridgehead atoms. The molecule has 0 saturated heterocycles. The minimum Gasteiger partial charge on any atom is -0.443 e. The van der Waals surface area contributed by atoms with Crippen LogP contribution in [0.4, 0.5) is 18.9 Å². The van der Waals surface area contributed by atoms with Crippen LogP contribution >= 0.6 is 11.3 Å². The minimum absolute atomic E-state index is 0.150. The van der Waals surface area contributed by atoms with Crippen molar-refractivity contribution in [3.8, 4) is 0 Å². The number of carbonyl (C=O) groups excluding carboxylic acids is 1. The highest BCUT2D eigenvalue weighted by atomic mass is 32.1. The van der Waals surface area contributed by atoms with Crippen LogP contribution in [-0.4, -0.2) is 17.1 Å². The normalized spacial score (nSPS) is 12.7. The van der Waals surface area contributed by atoms with Crippen molar-refractivity contribution in [1.82, 2.24) is 0 Å². The molecule has 0 radical (unpaired) electrons. The molecule has 9 heteroatoms. The average molecular weight is 331 g/mol. The number of ether oxygens (including phenoxy) is 1. The lowest BCUT2D eigenvalue weighted by Crippen LogP contribution is -2.25. The third-order valence-corrected chi connectivity index (χ3v) is 3.55. The van der Waals surface area contributed by atoms with Gasteiger partial charge in [-0.15, -0.1) is 11.3 Å². The van der Waals surface area contributed by atoms with E-state index < -0.39 is 23.2 Å². The second-order valence-corrected chi connectivity index (χ2v) is 5.13. The Morgan fingerprint density at radius 2 is 1.86 bits per heavy atom. The van der Waals surface area contributed by atoms with E-state index in [1.165, 1.54) is 17.5 Å². The highest BCUT2D eigenvalue weighted by Gasteiger charge is 2.44. The molecule has 5 nitrogen and oxygen atoms in total. The van der Waals surface area contributed by atoms with Crippen LogP contribution in [0, 0.1) is 10.1 Å². The van der Waals surface area contributed by atoms with Crippen molar-refractivity contribution in [2.45, 2.75) is 12.3 Å². The molecule has 0 aliphatic heterocycles. The molecule has 0 saturated carbocycles. The van der Waals surface area contributed by atoms with Gasteiger partial charge in [0.15, 0.2) is 0 Å². The zero-order chi connectivity index (χ0) is 16.3. The molecule has 0 spiro atoms. The van der Waals surface area contributed by atoms with Gasteiger partial charge in [0.1, 0.15) is 0 Å². The first-order valence-corrected chi connectivity index (χ1v) is 6.72. The van der Waals surface area contributed by atoms with Gasteiger partial charge >= 0.3 is 12.1 Å². The van der Waals surface area contributed by atoms with E-state index in [-0.39, 0.29) is 16.1 Å². The molecular formula is C13H8F3NO4S. The Morgan fingerprint density at radius 3 is 2.32 bits per heavy atom. The van der Waals surface area contributed by atoms with E-state index in [1.807, 2.05) is 0 Å². The highest BCUT2D eigenvalue weighted by Crippen LogP contribution is 2.38. The summed E-state index contributed by atoms with van der Waals surface area (Å²) in [6.07, 6.45) is -7.11. The second-order valence-electron chi connectivity index (χ2n) is 4.15. The molecule has 0 N–H and O–H groups in total. The minimum atomic E-state index is -4.75. The topological polar surface area (TPSA) is 69.4 Å². The van der Waals surface area contributed by atoms with Gasteiger partial charge in [0.2, 0.25) is 6.10 Å². The Hall–Kier alpha value is -2.42. The molecule has 0 fully saturated rings. The smallest absolute Gasteiger partial charge is 0.430 e. The number of carbonyl (C=O) groups is 1. The van der Waals surface area contributed by atoms with Crippen LogP contribution in [0.3, 0.4) is 0 Å². The van der Waals surface area contributed by atoms with Crippen molar-refractivity contribution in [1.29, 1.82) is 0 Å². The van der Waals surface area contributed by atoms with E-state index in [0.29, 0.717) is 0 Å². The van der Waals surface area contributed by atoms with E-state index in [0.717, 1.165) is 35.6 Å². The molecule has 0 aliphatic carbocycles. The molecule has 1 aromatic carbocycles. The maximum atomic E-state index is 13.0. The molecule has 1 heterocycles. The molecule has 2 rings (SSSR count). The molecule has 2 aromatic rings. The zero-order valence-corrected chi connectivity index (χ0v) is 11.6. The fraction of sp³-hybridized carbons (Fsp3) is 0.154. The van der Waals surface area contributed by atoms with E-state index in [9.17, 15) is 28.1 Å². The standard InChI is InChI=1S/C13H8F3NO4S/c14-13(15,16)11(10-2-1-7-22-10)21-12(18)8-3-5-9(6-4-8)17(19)20/h1-7,11H. The molecule has 1 aromatic heterocycles. The van der Waals surface area contributed by atoms with E-state index in [2.05, 4.69) is 4.74 Å². The summed E-state index contributed by atoms with van der Waals surface area (Å²) in [4.78, 5) is 21.4. The Balaban J connectivity index is 2.20. The SMILES string of the molecule is O=C(OC(c1cccs1)C(F)(F)F)c1ccc([N+](=O)[O-])cc1. The Kier molecular flexibility index (Phi) is 4.45. The summed E-state index contributed by atoms with van der Waals surface area (Å²) in [6.45, 7) is 0. The number of nitro groups is 1. The number of halogens is 3. The first kappa shape index (κ1) is 16.0. The maximum Gasteiger partial charge on any atom is 0.430 e. The maximum absolute atomic E-state index is 13.0. The van der Waals surface area contributed by atoms with Crippen LogP contribution in [0.1, 0.15) is 21.3 Å². The van der Waals surface area contributed by atoms with Gasteiger partial charge in [0.25, 0.3) is 5.69 Å². The molecule has 0 aliphatic rings. The van der Waals surface area contributed by atoms with Gasteiger partial charge in [-0.05, 0) is 23.6 Å². The van der Waals surface area contributed by atoms with Gasteiger partial charge in [-0.1, -0.05) is 6.07 Å². The van der Waals surface area contributed by atoms with Crippen LogP contribution in [0.5, 0.6) is 0 Å². The van der Waals surface area contributed by atoms with Gasteiger partial charge in [0.05, 0.1) is 15.4 Å². The number of benzene rings is 1. The number of alkyl halides is 3. The number of rotatable bonds is 4. The Labute approximate surface area is 126 Å². The number of thiophene rings is 1. The lowest BCUT2D eigenvalue weighted by Gasteiger charge is -2.19. The van der Waals surface area contributed by atoms with Crippen LogP contribution in [0.2, 0.25) is 0 Å². The third-order valence-electron chi connectivity index (χ3n) is 2.64. The number of nitro benzene ring substituents is 1. The van der Waals surface area contributed by atoms with E-state index in [4.69, 9.17) is 0 Å². The summed E-state index contributed by atoms with van der Waals surface area (Å²) in [7, 11) is 0. The predicted octanol–water partition coefficient (Wildman–Crippen LogP) is 4.12. The highest BCUT2D eigenvalue weighted by molar-refractivity contribution is 7.10. The summed E-state index contributed by atoms with van der Waals surface area (Å²) >= 11 is 0.815. The van der Waals surface area contributed by atoms with E-state index >= 15 is 0 Å². The van der Waals surface area contributed by atoms with Gasteiger partial charge in [-0.3, -0.25) is 10.1 Å². The molecule has 0 amide bonds. The molecule has 1 atom stereocenters. The third kappa shape index (κ3) is 3.61. The Morgan fingerprint density at radius 1 is 1.23 bits per heavy atom. The fourth-order valence-electron chi connectivity index (χ4n) is 1.62. The lowest BCUT2D eigenvalue weighted by atomic mass is 10.2. The number of non-ortho nitro benzene ring substituents is 1. The van der Waals surface area contributed by atoms with Gasteiger partial charge in [-0.2, -0.15) is 13.2 Å². The monoisotopic (exact) mass is 331 g/mol. The number of nitrogens with zero attached hydrogens (tertiary/aromatic N) is 1. The Bertz CT molecular complexity index is 668. The predicted molar refractivity (Wildman–Crippen MR) is 71.6 cm³/mol. The lowest BCUT2D eigenvalue weighted by molar-refractivity contribution is -0.384. The van der Waals surface area contributed by atoms with Crippen LogP contribution < -0.4 is 0 Å². The molecule has 1 unspecified atom stereocenters. The van der Waals surface area contributed by atoms with Crippen LogP contribution in [0.25, 0.3) is 0 Å². The molecule has 22 heavy (non-hydrogen) atoms. The summed E-state index contributed by atoms with van der Waals surface area (Å²) in [6, 6.07) is 6.75. The van der Waals surface area contributed by atoms with Crippen molar-refractivity contribution in [2.75, 3.05) is 0 Å². The van der Waals surface area contributed by atoms with Gasteiger partial charge < -0.3 is 4.74 Å². The zero-order valence-electron chi connectivity index (χ0n) is 10.7. The summed E-state index contributed by atoms with van der Waals surface area (Å²) in [5.41, 5.74) is -0.474. The van der Waals surface area contributed by atoms with Crippen molar-refractivity contribution >= 4 is 23.0 Å². The number of hydrogen-bond donors (Lipinski definition) is 0. The largest absolute Gasteiger partial charge is 0.443 e. The molecule has 116 valence electrons. The van der Waals surface area contributed by atoms with Crippen LogP contribution in [-0.2, 0) is 4.74 Å². The first-order valence-electron chi connectivity index (χ1n) is 5.84. The summed E-state index contributed by atoms with van der Waals surface area (Å²) in [5.74, 6) is -1.20. The van der Waals surface area contributed by atoms with Crippen molar-refractivity contribution in [3.05, 3.63) is 62.3 Å². The quantitative estimate of drug-likeness (QED) is 0.480. The summed E-state index contributed by atoms with van der Waals surface area (Å²) in [5, 5.41) is 11.9. The van der Waals surface area contributed by atoms with Crippen molar-refractivity contribution < 1.29 is 27.6 Å². The summed E-state index contributed by atoms with van der Waals surface area (Å²) < 4.78 is 43.4. The van der Waals surface area contributed by atoms with Gasteiger partial charge in [0, 0.05) is 12.1 Å². The number of hydrogen-bond acceptors (Lipinski definition) is 5. The number of esters is 1. The fourth-order valence-corrected chi connectivity index (χ4v) is 2.40. The van der Waals surface area contributed by atoms with Crippen molar-refractivity contribution in [2.24, 2.45) is 0 Å². The average Bonchev–Trinajstić information content (AvgIpc) is 2.97. The van der Waals surface area contributed by atoms with E-state index in [1.54, 1.807) is 0 Å². The van der Waals surface area contributed by atoms with Crippen molar-refractivity contribution in [3.63, 3.8) is 0 Å². The van der Waals surface area contributed by atoms with Crippen LogP contribution in [0.15, 0.2) is 41.8 Å². The second kappa shape index (κ2) is 6.14. The van der Waals surface area contributed by atoms with Gasteiger partial charge in [-0.25, -0.2) is 4.79 Å².